The van der Waals surface area contributed by atoms with E-state index in [9.17, 15) is 14.9 Å². The van der Waals surface area contributed by atoms with Crippen LogP contribution in [0.4, 0.5) is 10.2 Å². The van der Waals surface area contributed by atoms with Crippen LogP contribution in [0, 0.1) is 23.2 Å². The van der Waals surface area contributed by atoms with Crippen molar-refractivity contribution in [2.24, 2.45) is 11.8 Å². The van der Waals surface area contributed by atoms with E-state index in [-0.39, 0.29) is 66.3 Å². The highest BCUT2D eigenvalue weighted by molar-refractivity contribution is 8.07. The highest BCUT2D eigenvalue weighted by Crippen LogP contribution is 2.58. The number of nitrogens with zero attached hydrogens (tertiary/aromatic N) is 9. The number of carbonyl (C=O) groups excluding carboxylic acids is 1. The number of aromatic nitrogens is 8. The minimum absolute atomic E-state index is 0.00503. The van der Waals surface area contributed by atoms with Crippen LogP contribution in [0.5, 0.6) is 0 Å². The molecule has 5 aromatic rings. The van der Waals surface area contributed by atoms with Gasteiger partial charge >= 0.3 is 13.4 Å². The number of nitriles is 1. The number of amides is 1. The molecule has 0 bridgehead atoms. The Labute approximate surface area is 326 Å². The van der Waals surface area contributed by atoms with Crippen LogP contribution in [0.1, 0.15) is 35.5 Å². The fourth-order valence-corrected chi connectivity index (χ4v) is 10.2. The zero-order chi connectivity index (χ0) is 38.3. The Balaban J connectivity index is 1.06. The van der Waals surface area contributed by atoms with Crippen LogP contribution in [0.15, 0.2) is 55.6 Å². The van der Waals surface area contributed by atoms with Crippen LogP contribution >= 0.6 is 25.0 Å². The monoisotopic (exact) mass is 850 g/mol. The number of ether oxygens (including phenoxy) is 1. The summed E-state index contributed by atoms with van der Waals surface area (Å²) in [5.41, 5.74) is 1.64. The molecule has 8 rings (SSSR count). The average Bonchev–Trinajstić information content (AvgIpc) is 3.87. The van der Waals surface area contributed by atoms with Gasteiger partial charge in [0.25, 0.3) is 5.91 Å². The molecule has 2 unspecified atom stereocenters. The molecule has 1 aliphatic carbocycles. The molecule has 0 spiro atoms. The summed E-state index contributed by atoms with van der Waals surface area (Å²) in [6.45, 7) is -8.35. The lowest BCUT2D eigenvalue weighted by Crippen LogP contribution is -2.43. The SMILES string of the molecule is N#CCCOP1(=S)OC[C@H]2C[C@@H](n3cnc4c(Cl)ncnc43)[C@@H]2COP(O)(=S)OC[C@H]2O[C@@H](n3cnc4c(NC(=O)c5ccccc5)ncnc43)[C@H](F)[C@@H]2O1. The van der Waals surface area contributed by atoms with Gasteiger partial charge in [0.1, 0.15) is 30.4 Å². The van der Waals surface area contributed by atoms with Crippen LogP contribution in [-0.2, 0) is 51.0 Å². The second-order valence-electron chi connectivity index (χ2n) is 12.7. The molecule has 55 heavy (non-hydrogen) atoms. The molecule has 4 aromatic heterocycles. The van der Waals surface area contributed by atoms with E-state index in [0.717, 1.165) is 0 Å². The zero-order valence-electron chi connectivity index (χ0n) is 28.3. The van der Waals surface area contributed by atoms with Crippen molar-refractivity contribution in [3.05, 3.63) is 66.4 Å². The molecule has 3 fully saturated rings. The van der Waals surface area contributed by atoms with E-state index in [1.54, 1.807) is 36.7 Å². The van der Waals surface area contributed by atoms with E-state index in [1.807, 2.05) is 10.6 Å². The largest absolute Gasteiger partial charge is 0.346 e. The first kappa shape index (κ1) is 38.4. The van der Waals surface area contributed by atoms with Crippen molar-refractivity contribution in [3.8, 4) is 6.07 Å². The van der Waals surface area contributed by atoms with Crippen molar-refractivity contribution < 1.29 is 41.4 Å². The molecule has 2 N–H and O–H groups in total. The van der Waals surface area contributed by atoms with E-state index < -0.39 is 50.6 Å². The lowest BCUT2D eigenvalue weighted by Gasteiger charge is -2.45. The first-order valence-corrected chi connectivity index (χ1v) is 22.3. The van der Waals surface area contributed by atoms with Crippen LogP contribution in [0.2, 0.25) is 5.15 Å². The molecule has 288 valence electrons. The highest BCUT2D eigenvalue weighted by Gasteiger charge is 2.52. The number of halogens is 2. The Kier molecular flexibility index (Phi) is 11.0. The summed E-state index contributed by atoms with van der Waals surface area (Å²) < 4.78 is 56.0. The van der Waals surface area contributed by atoms with Gasteiger partial charge in [-0.3, -0.25) is 13.9 Å². The Morgan fingerprint density at radius 2 is 1.75 bits per heavy atom. The van der Waals surface area contributed by atoms with Gasteiger partial charge in [-0.25, -0.2) is 34.3 Å². The fraction of sp³-hybridized carbons (Fsp3) is 0.419. The number of hydrogen-bond acceptors (Lipinski definition) is 16. The lowest BCUT2D eigenvalue weighted by atomic mass is 9.70. The molecule has 1 amide bonds. The smallest absolute Gasteiger partial charge is 0.327 e. The molecule has 0 radical (unpaired) electrons. The number of benzene rings is 1. The number of nitrogens with one attached hydrogen (secondary N) is 1. The van der Waals surface area contributed by atoms with Crippen molar-refractivity contribution in [1.82, 2.24) is 39.0 Å². The van der Waals surface area contributed by atoms with Crippen molar-refractivity contribution in [2.45, 2.75) is 43.5 Å². The van der Waals surface area contributed by atoms with Gasteiger partial charge in [0.15, 0.2) is 40.2 Å². The number of imidazole rings is 2. The second-order valence-corrected chi connectivity index (χ2v) is 18.9. The first-order chi connectivity index (χ1) is 26.5. The standard InChI is InChI=1S/C31H30ClFN10O8P2S2/c32-26-23-28(37-13-35-26)42(15-39-23)20-9-18-10-49-53(55,46-8-4-7-34)51-25-21(12-48-52(45,54)47-11-19(18)20)50-31(22(25)33)43-16-40-24-27(36-14-38-29(24)43)41-30(44)17-5-2-1-3-6-17/h1-3,5-6,13-16,18-22,25,31H,4,8-12H2,(H,45,54)(H,36,38,41,44)/t18-,19-,20-,21-,22-,25-,31-,52?,53?/m1/s1. The molecule has 3 aliphatic rings. The second kappa shape index (κ2) is 15.8. The molecular weight excluding hydrogens is 821 g/mol. The Morgan fingerprint density at radius 1 is 1.02 bits per heavy atom. The van der Waals surface area contributed by atoms with Gasteiger partial charge in [-0.1, -0.05) is 29.8 Å². The maximum absolute atomic E-state index is 16.8. The van der Waals surface area contributed by atoms with Gasteiger partial charge in [0, 0.05) is 17.5 Å². The van der Waals surface area contributed by atoms with Crippen LogP contribution in [0.3, 0.4) is 0 Å². The molecule has 9 atom stereocenters. The Morgan fingerprint density at radius 3 is 2.55 bits per heavy atom. The number of anilines is 1. The molecule has 2 aliphatic heterocycles. The van der Waals surface area contributed by atoms with E-state index in [1.165, 1.54) is 23.5 Å². The molecule has 1 aromatic carbocycles. The zero-order valence-corrected chi connectivity index (χ0v) is 32.5. The number of rotatable bonds is 7. The summed E-state index contributed by atoms with van der Waals surface area (Å²) in [7, 11) is 0. The van der Waals surface area contributed by atoms with E-state index in [2.05, 4.69) is 35.2 Å². The van der Waals surface area contributed by atoms with E-state index in [4.69, 9.17) is 62.6 Å². The summed E-state index contributed by atoms with van der Waals surface area (Å²) in [5, 5.41) is 12.1. The lowest BCUT2D eigenvalue weighted by molar-refractivity contribution is -0.0431. The summed E-state index contributed by atoms with van der Waals surface area (Å²) >= 11 is 17.4. The minimum atomic E-state index is -3.93. The van der Waals surface area contributed by atoms with Crippen molar-refractivity contribution in [1.29, 1.82) is 5.26 Å². The summed E-state index contributed by atoms with van der Waals surface area (Å²) in [5.74, 6) is -0.868. The van der Waals surface area contributed by atoms with Crippen molar-refractivity contribution >= 4 is 82.7 Å². The molecule has 1 saturated carbocycles. The first-order valence-electron chi connectivity index (χ1n) is 16.8. The van der Waals surface area contributed by atoms with Gasteiger partial charge < -0.3 is 37.6 Å². The summed E-state index contributed by atoms with van der Waals surface area (Å²) in [6, 6.07) is 10.3. The van der Waals surface area contributed by atoms with E-state index >= 15 is 4.39 Å². The van der Waals surface area contributed by atoms with Gasteiger partial charge in [-0.15, -0.1) is 0 Å². The minimum Gasteiger partial charge on any atom is -0.346 e. The highest BCUT2D eigenvalue weighted by atomic mass is 35.5. The third-order valence-electron chi connectivity index (χ3n) is 9.48. The third kappa shape index (κ3) is 7.80. The topological polar surface area (TPSA) is 216 Å². The van der Waals surface area contributed by atoms with E-state index in [0.29, 0.717) is 23.1 Å². The molecule has 6 heterocycles. The molecule has 18 nitrogen and oxygen atoms in total. The van der Waals surface area contributed by atoms with Gasteiger partial charge in [0.2, 0.25) is 0 Å². The number of hydrogen-bond donors (Lipinski definition) is 2. The maximum Gasteiger partial charge on any atom is 0.327 e. The van der Waals surface area contributed by atoms with Crippen LogP contribution in [-0.4, -0.2) is 94.6 Å². The van der Waals surface area contributed by atoms with Crippen molar-refractivity contribution in [3.63, 3.8) is 0 Å². The molecule has 24 heteroatoms. The fourth-order valence-electron chi connectivity index (χ4n) is 6.70. The Bertz CT molecular complexity index is 2380. The van der Waals surface area contributed by atoms with Gasteiger partial charge in [0.05, 0.1) is 51.6 Å². The molecular formula is C31H30ClFN10O8P2S2. The number of alkyl halides is 1. The number of carbonyl (C=O) groups is 1. The predicted octanol–water partition coefficient (Wildman–Crippen LogP) is 4.80. The molecule has 2 saturated heterocycles. The quantitative estimate of drug-likeness (QED) is 0.128. The van der Waals surface area contributed by atoms with Crippen LogP contribution in [0.25, 0.3) is 22.3 Å². The Hall–Kier alpha value is -3.48. The third-order valence-corrected chi connectivity index (χ3v) is 13.7. The summed E-state index contributed by atoms with van der Waals surface area (Å²) in [6.07, 6.45) is -0.139. The van der Waals surface area contributed by atoms with Crippen LogP contribution < -0.4 is 5.32 Å². The predicted molar refractivity (Wildman–Crippen MR) is 199 cm³/mol. The number of fused-ring (bicyclic) bond motifs is 4. The summed E-state index contributed by atoms with van der Waals surface area (Å²) in [4.78, 5) is 49.6. The normalized spacial score (nSPS) is 31.3. The van der Waals surface area contributed by atoms with Crippen molar-refractivity contribution in [2.75, 3.05) is 31.7 Å². The maximum atomic E-state index is 16.8. The average molecular weight is 851 g/mol. The van der Waals surface area contributed by atoms with Gasteiger partial charge in [-0.05, 0) is 48.1 Å². The van der Waals surface area contributed by atoms with Gasteiger partial charge in [-0.2, -0.15) is 5.26 Å².